The van der Waals surface area contributed by atoms with Gasteiger partial charge in [0.25, 0.3) is 0 Å². The summed E-state index contributed by atoms with van der Waals surface area (Å²) in [6.45, 7) is 18.2. The van der Waals surface area contributed by atoms with Crippen LogP contribution in [-0.4, -0.2) is 48.3 Å². The first-order valence-electron chi connectivity index (χ1n) is 18.4. The fourth-order valence-corrected chi connectivity index (χ4v) is 8.27. The van der Waals surface area contributed by atoms with Crippen molar-refractivity contribution in [2.45, 2.75) is 107 Å². The smallest absolute Gasteiger partial charge is 0.0659 e. The lowest BCUT2D eigenvalue weighted by Gasteiger charge is -2.02. The number of rotatable bonds is 10. The van der Waals surface area contributed by atoms with E-state index in [0.717, 1.165) is 93.4 Å². The fraction of sp³-hybridized carbons (Fsp3) is 0.429. The molecule has 7 N–H and O–H groups in total. The normalized spacial score (nSPS) is 12.5. The Bertz CT molecular complexity index is 2190. The van der Waals surface area contributed by atoms with E-state index in [1.807, 2.05) is 0 Å². The Morgan fingerprint density at radius 1 is 0.408 bits per heavy atom. The molecular formula is C42H55N5O2. The molecule has 1 aliphatic rings. The van der Waals surface area contributed by atoms with Gasteiger partial charge in [-0.1, -0.05) is 27.7 Å². The van der Waals surface area contributed by atoms with Crippen molar-refractivity contribution in [1.82, 2.24) is 24.9 Å². The predicted molar refractivity (Wildman–Crippen MR) is 202 cm³/mol. The van der Waals surface area contributed by atoms with Crippen LogP contribution < -0.4 is 21.4 Å². The van der Waals surface area contributed by atoms with E-state index in [1.54, 1.807) is 0 Å². The van der Waals surface area contributed by atoms with Gasteiger partial charge in [0, 0.05) is 57.4 Å². The molecule has 5 aromatic rings. The maximum Gasteiger partial charge on any atom is 0.0659 e. The standard InChI is InChI=1S/C42H55N5O2/c1-9-27-25(7)41-42-26(8)28(10-2)36(47-42)20-34-24(6)32(16-14-18-49)40(44-34)22-38-30(12-4)29(11-3)37(45-38)21-39-31(15-13-17-48)23(5)33(43-39)19-35(27)46-41/h19-22,43-49H,9-18H2,1-8H3. The van der Waals surface area contributed by atoms with Gasteiger partial charge >= 0.3 is 0 Å². The van der Waals surface area contributed by atoms with Crippen LogP contribution >= 0.6 is 0 Å². The van der Waals surface area contributed by atoms with Crippen molar-refractivity contribution in [3.8, 4) is 0 Å². The SMILES string of the molecule is CCc1c(CC)c2[nH]c1=Cc1[nH]c(c(C)c1CCCO)C=c1[nH]c(c(C)c1CC)=c1[nH]c(c(CC)c1C)=Cc1[nH]c(c(CCCO)c1C)C=2. The van der Waals surface area contributed by atoms with Crippen molar-refractivity contribution in [2.24, 2.45) is 0 Å². The summed E-state index contributed by atoms with van der Waals surface area (Å²) in [5.74, 6) is 0. The molecule has 10 bridgehead atoms. The number of aromatic nitrogens is 5. The highest BCUT2D eigenvalue weighted by Gasteiger charge is 2.17. The largest absolute Gasteiger partial charge is 0.396 e. The highest BCUT2D eigenvalue weighted by molar-refractivity contribution is 5.64. The molecule has 49 heavy (non-hydrogen) atoms. The van der Waals surface area contributed by atoms with E-state index >= 15 is 0 Å². The van der Waals surface area contributed by atoms with Crippen molar-refractivity contribution < 1.29 is 10.2 Å². The Morgan fingerprint density at radius 3 is 1.10 bits per heavy atom. The van der Waals surface area contributed by atoms with Gasteiger partial charge in [0.1, 0.15) is 0 Å². The molecule has 0 aromatic carbocycles. The molecule has 0 aliphatic carbocycles. The number of fused-ring (bicyclic) bond motifs is 10. The zero-order valence-corrected chi connectivity index (χ0v) is 30.8. The lowest BCUT2D eigenvalue weighted by Crippen LogP contribution is -2.13. The molecule has 5 aromatic heterocycles. The number of nitrogens with one attached hydrogen (secondary N) is 5. The van der Waals surface area contributed by atoms with E-state index in [-0.39, 0.29) is 13.2 Å². The molecule has 0 fully saturated rings. The van der Waals surface area contributed by atoms with E-state index in [9.17, 15) is 10.2 Å². The van der Waals surface area contributed by atoms with E-state index in [2.05, 4.69) is 105 Å². The Kier molecular flexibility index (Phi) is 10.1. The second-order valence-electron chi connectivity index (χ2n) is 13.7. The lowest BCUT2D eigenvalue weighted by atomic mass is 10.0. The van der Waals surface area contributed by atoms with Crippen molar-refractivity contribution in [1.29, 1.82) is 0 Å². The van der Waals surface area contributed by atoms with Crippen molar-refractivity contribution >= 4 is 24.3 Å². The molecule has 0 unspecified atom stereocenters. The van der Waals surface area contributed by atoms with Crippen molar-refractivity contribution in [3.63, 3.8) is 0 Å². The summed E-state index contributed by atoms with van der Waals surface area (Å²) in [6, 6.07) is 0. The maximum atomic E-state index is 9.82. The van der Waals surface area contributed by atoms with Crippen molar-refractivity contribution in [3.05, 3.63) is 111 Å². The lowest BCUT2D eigenvalue weighted by molar-refractivity contribution is 0.288. The Morgan fingerprint density at radius 2 is 0.755 bits per heavy atom. The third-order valence-electron chi connectivity index (χ3n) is 11.0. The van der Waals surface area contributed by atoms with Crippen molar-refractivity contribution in [2.75, 3.05) is 13.2 Å². The number of hydrogen-bond donors (Lipinski definition) is 7. The minimum Gasteiger partial charge on any atom is -0.396 e. The molecule has 0 amide bonds. The average molecular weight is 662 g/mol. The molecule has 0 radical (unpaired) electrons. The van der Waals surface area contributed by atoms with Gasteiger partial charge in [-0.3, -0.25) is 0 Å². The first-order valence-corrected chi connectivity index (χ1v) is 18.4. The molecule has 7 nitrogen and oxygen atoms in total. The van der Waals surface area contributed by atoms with Crippen LogP contribution in [0.4, 0.5) is 0 Å². The molecule has 0 saturated carbocycles. The summed E-state index contributed by atoms with van der Waals surface area (Å²) >= 11 is 0. The third kappa shape index (κ3) is 6.12. The topological polar surface area (TPSA) is 119 Å². The second kappa shape index (κ2) is 14.3. The van der Waals surface area contributed by atoms with Crippen LogP contribution in [0.15, 0.2) is 0 Å². The minimum atomic E-state index is 0.162. The molecule has 6 rings (SSSR count). The first-order chi connectivity index (χ1) is 23.7. The van der Waals surface area contributed by atoms with Gasteiger partial charge < -0.3 is 35.1 Å². The molecule has 7 heteroatoms. The molecule has 1 aliphatic heterocycles. The Balaban J connectivity index is 1.82. The second-order valence-corrected chi connectivity index (χ2v) is 13.7. The third-order valence-corrected chi connectivity index (χ3v) is 11.0. The summed E-state index contributed by atoms with van der Waals surface area (Å²) < 4.78 is 0. The summed E-state index contributed by atoms with van der Waals surface area (Å²) in [6.07, 6.45) is 15.9. The quantitative estimate of drug-likeness (QED) is 0.116. The molecular weight excluding hydrogens is 606 g/mol. The van der Waals surface area contributed by atoms with E-state index in [1.165, 1.54) is 55.6 Å². The van der Waals surface area contributed by atoms with Gasteiger partial charge in [0.15, 0.2) is 0 Å². The van der Waals surface area contributed by atoms with Gasteiger partial charge in [-0.05, 0) is 159 Å². The number of hydrogen-bond acceptors (Lipinski definition) is 2. The molecule has 260 valence electrons. The van der Waals surface area contributed by atoms with E-state index in [4.69, 9.17) is 0 Å². The highest BCUT2D eigenvalue weighted by Crippen LogP contribution is 2.24. The van der Waals surface area contributed by atoms with Crippen LogP contribution in [0.1, 0.15) is 119 Å². The summed E-state index contributed by atoms with van der Waals surface area (Å²) in [4.78, 5) is 19.2. The number of aliphatic hydroxyl groups excluding tert-OH is 2. The number of H-pyrrole nitrogens is 5. The van der Waals surface area contributed by atoms with Crippen LogP contribution in [0.25, 0.3) is 24.3 Å². The molecule has 0 spiro atoms. The Hall–Kier alpha value is -4.20. The van der Waals surface area contributed by atoms with Crippen LogP contribution in [0.5, 0.6) is 0 Å². The van der Waals surface area contributed by atoms with Gasteiger partial charge in [-0.25, -0.2) is 0 Å². The molecule has 6 heterocycles. The highest BCUT2D eigenvalue weighted by atomic mass is 16.3. The van der Waals surface area contributed by atoms with Crippen LogP contribution in [-0.2, 0) is 38.5 Å². The van der Waals surface area contributed by atoms with Gasteiger partial charge in [-0.15, -0.1) is 0 Å². The summed E-state index contributed by atoms with van der Waals surface area (Å²) in [5, 5.41) is 26.4. The molecule has 0 atom stereocenters. The summed E-state index contributed by atoms with van der Waals surface area (Å²) in [5.41, 5.74) is 17.2. The van der Waals surface area contributed by atoms with E-state index in [0.29, 0.717) is 12.8 Å². The zero-order chi connectivity index (χ0) is 35.0. The van der Waals surface area contributed by atoms with Gasteiger partial charge in [-0.2, -0.15) is 0 Å². The fourth-order valence-electron chi connectivity index (χ4n) is 8.27. The van der Waals surface area contributed by atoms with E-state index < -0.39 is 0 Å². The number of aliphatic hydroxyl groups is 2. The van der Waals surface area contributed by atoms with Gasteiger partial charge in [0.05, 0.1) is 10.7 Å². The van der Waals surface area contributed by atoms with Crippen LogP contribution in [0, 0.1) is 38.4 Å². The maximum absolute atomic E-state index is 9.82. The zero-order valence-electron chi connectivity index (χ0n) is 30.8. The monoisotopic (exact) mass is 661 g/mol. The summed E-state index contributed by atoms with van der Waals surface area (Å²) in [7, 11) is 0. The predicted octanol–water partition coefficient (Wildman–Crippen LogP) is 4.58. The first kappa shape index (κ1) is 34.7. The van der Waals surface area contributed by atoms with Gasteiger partial charge in [0.2, 0.25) is 0 Å². The van der Waals surface area contributed by atoms with Crippen LogP contribution in [0.3, 0.4) is 0 Å². The average Bonchev–Trinajstić information content (AvgIpc) is 3.84. The number of aromatic amines is 5. The minimum absolute atomic E-state index is 0.162. The van der Waals surface area contributed by atoms with Crippen LogP contribution in [0.2, 0.25) is 0 Å². The molecule has 0 saturated heterocycles. The Labute approximate surface area is 289 Å².